The highest BCUT2D eigenvalue weighted by molar-refractivity contribution is 9.10. The van der Waals surface area contributed by atoms with Gasteiger partial charge in [0.15, 0.2) is 0 Å². The molecule has 1 atom stereocenters. The maximum Gasteiger partial charge on any atom is 0.125 e. The minimum Gasteiger partial charge on any atom is -0.472 e. The summed E-state index contributed by atoms with van der Waals surface area (Å²) in [4.78, 5) is 0.888. The van der Waals surface area contributed by atoms with Crippen LogP contribution in [-0.4, -0.2) is 5.11 Å². The van der Waals surface area contributed by atoms with Gasteiger partial charge >= 0.3 is 0 Å². The molecular weight excluding hydrogens is 264 g/mol. The van der Waals surface area contributed by atoms with E-state index < -0.39 is 5.60 Å². The summed E-state index contributed by atoms with van der Waals surface area (Å²) in [6.07, 6.45) is 3.12. The predicted molar refractivity (Wildman–Crippen MR) is 59.4 cm³/mol. The largest absolute Gasteiger partial charge is 0.472 e. The Balaban J connectivity index is 2.48. The number of hydrogen-bond acceptors (Lipinski definition) is 3. The summed E-state index contributed by atoms with van der Waals surface area (Å²) in [5.74, 6) is 0. The van der Waals surface area contributed by atoms with Crippen molar-refractivity contribution in [2.24, 2.45) is 0 Å². The zero-order chi connectivity index (χ0) is 10.2. The monoisotopic (exact) mass is 272 g/mol. The third-order valence-corrected chi connectivity index (χ3v) is 4.19. The maximum atomic E-state index is 10.3. The van der Waals surface area contributed by atoms with Gasteiger partial charge in [0.05, 0.1) is 17.4 Å². The number of thiophene rings is 1. The van der Waals surface area contributed by atoms with Crippen LogP contribution in [0.5, 0.6) is 0 Å². The molecule has 0 aromatic carbocycles. The van der Waals surface area contributed by atoms with Crippen molar-refractivity contribution in [3.63, 3.8) is 0 Å². The summed E-state index contributed by atoms with van der Waals surface area (Å²) in [5.41, 5.74) is -0.222. The van der Waals surface area contributed by atoms with E-state index in [1.807, 2.05) is 11.4 Å². The molecule has 1 unspecified atom stereocenters. The van der Waals surface area contributed by atoms with E-state index in [-0.39, 0.29) is 0 Å². The van der Waals surface area contributed by atoms with Crippen molar-refractivity contribution in [3.05, 3.63) is 45.0 Å². The minimum absolute atomic E-state index is 0.764. The molecule has 2 rings (SSSR count). The van der Waals surface area contributed by atoms with Gasteiger partial charge in [-0.25, -0.2) is 0 Å². The van der Waals surface area contributed by atoms with Crippen molar-refractivity contribution in [1.29, 1.82) is 0 Å². The van der Waals surface area contributed by atoms with Crippen LogP contribution >= 0.6 is 27.3 Å². The minimum atomic E-state index is -0.986. The SMILES string of the molecule is CC(O)(c1ccoc1)c1sccc1Br. The van der Waals surface area contributed by atoms with Crippen LogP contribution in [0.25, 0.3) is 0 Å². The lowest BCUT2D eigenvalue weighted by Crippen LogP contribution is -2.20. The average molecular weight is 273 g/mol. The molecule has 4 heteroatoms. The summed E-state index contributed by atoms with van der Waals surface area (Å²) in [6, 6.07) is 3.70. The molecule has 0 amide bonds. The third-order valence-electron chi connectivity index (χ3n) is 2.14. The zero-order valence-corrected chi connectivity index (χ0v) is 9.93. The van der Waals surface area contributed by atoms with Crippen LogP contribution < -0.4 is 0 Å². The second-order valence-corrected chi connectivity index (χ2v) is 4.95. The van der Waals surface area contributed by atoms with Gasteiger partial charge in [0, 0.05) is 10.0 Å². The molecule has 14 heavy (non-hydrogen) atoms. The van der Waals surface area contributed by atoms with E-state index in [1.54, 1.807) is 25.5 Å². The predicted octanol–water partition coefficient (Wildman–Crippen LogP) is 3.36. The summed E-state index contributed by atoms with van der Waals surface area (Å²) in [7, 11) is 0. The first-order valence-corrected chi connectivity index (χ1v) is 5.78. The third kappa shape index (κ3) is 1.54. The lowest BCUT2D eigenvalue weighted by Gasteiger charge is -2.20. The van der Waals surface area contributed by atoms with Gasteiger partial charge in [0.2, 0.25) is 0 Å². The Kier molecular flexibility index (Phi) is 2.51. The van der Waals surface area contributed by atoms with Crippen molar-refractivity contribution in [1.82, 2.24) is 0 Å². The molecule has 1 N–H and O–H groups in total. The van der Waals surface area contributed by atoms with Crippen LogP contribution in [0.1, 0.15) is 17.4 Å². The lowest BCUT2D eigenvalue weighted by atomic mass is 9.97. The van der Waals surface area contributed by atoms with E-state index in [4.69, 9.17) is 4.42 Å². The molecule has 0 aliphatic heterocycles. The molecule has 2 heterocycles. The Labute approximate surface area is 94.3 Å². The second kappa shape index (κ2) is 3.53. The molecule has 0 aliphatic rings. The first-order valence-electron chi connectivity index (χ1n) is 4.11. The molecule has 0 radical (unpaired) electrons. The van der Waals surface area contributed by atoms with Crippen molar-refractivity contribution in [3.8, 4) is 0 Å². The van der Waals surface area contributed by atoms with E-state index in [0.717, 1.165) is 14.9 Å². The summed E-state index contributed by atoms with van der Waals surface area (Å²) in [5, 5.41) is 12.3. The summed E-state index contributed by atoms with van der Waals surface area (Å²) < 4.78 is 5.89. The van der Waals surface area contributed by atoms with Crippen LogP contribution in [0, 0.1) is 0 Å². The fourth-order valence-corrected chi connectivity index (χ4v) is 3.16. The van der Waals surface area contributed by atoms with E-state index >= 15 is 0 Å². The Hall–Kier alpha value is -0.580. The van der Waals surface area contributed by atoms with Crippen LogP contribution in [0.3, 0.4) is 0 Å². The summed E-state index contributed by atoms with van der Waals surface area (Å²) >= 11 is 4.92. The molecule has 2 aromatic heterocycles. The maximum absolute atomic E-state index is 10.3. The van der Waals surface area contributed by atoms with Crippen molar-refractivity contribution < 1.29 is 9.52 Å². The van der Waals surface area contributed by atoms with Crippen molar-refractivity contribution >= 4 is 27.3 Å². The number of aliphatic hydroxyl groups is 1. The van der Waals surface area contributed by atoms with E-state index in [9.17, 15) is 5.11 Å². The van der Waals surface area contributed by atoms with Gasteiger partial charge in [0.25, 0.3) is 0 Å². The smallest absolute Gasteiger partial charge is 0.125 e. The molecular formula is C10H9BrO2S. The topological polar surface area (TPSA) is 33.4 Å². The standard InChI is InChI=1S/C10H9BrO2S/c1-10(12,7-2-4-13-6-7)9-8(11)3-5-14-9/h2-6,12H,1H3. The van der Waals surface area contributed by atoms with Crippen LogP contribution in [-0.2, 0) is 5.60 Å². The van der Waals surface area contributed by atoms with E-state index in [2.05, 4.69) is 15.9 Å². The fraction of sp³-hybridized carbons (Fsp3) is 0.200. The van der Waals surface area contributed by atoms with Gasteiger partial charge in [-0.2, -0.15) is 0 Å². The molecule has 2 aromatic rings. The summed E-state index contributed by atoms with van der Waals surface area (Å²) in [6.45, 7) is 1.76. The number of halogens is 1. The number of hydrogen-bond donors (Lipinski definition) is 1. The molecule has 2 nitrogen and oxygen atoms in total. The Morgan fingerprint density at radius 1 is 1.50 bits per heavy atom. The molecule has 0 aliphatic carbocycles. The highest BCUT2D eigenvalue weighted by Gasteiger charge is 2.29. The molecule has 0 fully saturated rings. The number of rotatable bonds is 2. The lowest BCUT2D eigenvalue weighted by molar-refractivity contribution is 0.105. The van der Waals surface area contributed by atoms with Gasteiger partial charge in [-0.05, 0) is 40.4 Å². The van der Waals surface area contributed by atoms with Gasteiger partial charge < -0.3 is 9.52 Å². The highest BCUT2D eigenvalue weighted by Crippen LogP contribution is 2.37. The Bertz CT molecular complexity index is 417. The molecule has 0 bridgehead atoms. The van der Waals surface area contributed by atoms with Gasteiger partial charge in [-0.3, -0.25) is 0 Å². The Morgan fingerprint density at radius 3 is 2.79 bits per heavy atom. The molecule has 0 spiro atoms. The van der Waals surface area contributed by atoms with Crippen LogP contribution in [0.2, 0.25) is 0 Å². The normalized spacial score (nSPS) is 15.4. The van der Waals surface area contributed by atoms with Gasteiger partial charge in [-0.15, -0.1) is 11.3 Å². The quantitative estimate of drug-likeness (QED) is 0.910. The average Bonchev–Trinajstić information content (AvgIpc) is 2.72. The number of furan rings is 1. The fourth-order valence-electron chi connectivity index (χ4n) is 1.31. The van der Waals surface area contributed by atoms with Gasteiger partial charge in [0.1, 0.15) is 5.60 Å². The van der Waals surface area contributed by atoms with E-state index in [1.165, 1.54) is 11.3 Å². The molecule has 0 saturated carbocycles. The zero-order valence-electron chi connectivity index (χ0n) is 7.53. The highest BCUT2D eigenvalue weighted by atomic mass is 79.9. The Morgan fingerprint density at radius 2 is 2.29 bits per heavy atom. The first kappa shape index (κ1) is 9.96. The van der Waals surface area contributed by atoms with Gasteiger partial charge in [-0.1, -0.05) is 0 Å². The molecule has 0 saturated heterocycles. The van der Waals surface area contributed by atoms with Crippen LogP contribution in [0.15, 0.2) is 38.9 Å². The molecule has 74 valence electrons. The van der Waals surface area contributed by atoms with E-state index in [0.29, 0.717) is 0 Å². The van der Waals surface area contributed by atoms with Crippen molar-refractivity contribution in [2.75, 3.05) is 0 Å². The van der Waals surface area contributed by atoms with Crippen LogP contribution in [0.4, 0.5) is 0 Å². The van der Waals surface area contributed by atoms with Crippen molar-refractivity contribution in [2.45, 2.75) is 12.5 Å². The second-order valence-electron chi connectivity index (χ2n) is 3.18. The first-order chi connectivity index (χ1) is 6.62.